The monoisotopic (exact) mass is 400 g/mol. The molecular weight excluding hydrogens is 380 g/mol. The number of primary sulfonamides is 1. The standard InChI is InChI=1S/C12H20N2O7S3/c1-4-5-14(19-3)24(17,18)11-9(12(2)20-6-7-21-12)8-10(22-11)23(13,15)16/h8H,4-7H2,1-3H3,(H2,13,15,16). The van der Waals surface area contributed by atoms with Gasteiger partial charge in [0.2, 0.25) is 10.0 Å². The van der Waals surface area contributed by atoms with Crippen molar-refractivity contribution in [3.05, 3.63) is 11.6 Å². The molecule has 1 aromatic heterocycles. The number of rotatable bonds is 7. The van der Waals surface area contributed by atoms with E-state index in [1.165, 1.54) is 20.1 Å². The van der Waals surface area contributed by atoms with Gasteiger partial charge in [0.25, 0.3) is 10.0 Å². The van der Waals surface area contributed by atoms with Crippen LogP contribution in [0.15, 0.2) is 14.5 Å². The fourth-order valence-electron chi connectivity index (χ4n) is 2.26. The summed E-state index contributed by atoms with van der Waals surface area (Å²) in [6, 6.07) is 1.18. The van der Waals surface area contributed by atoms with Gasteiger partial charge < -0.3 is 9.47 Å². The number of nitrogens with zero attached hydrogens (tertiary/aromatic N) is 1. The molecule has 2 heterocycles. The Balaban J connectivity index is 2.66. The molecule has 0 aromatic carbocycles. The van der Waals surface area contributed by atoms with Gasteiger partial charge >= 0.3 is 0 Å². The van der Waals surface area contributed by atoms with Crippen LogP contribution in [0.1, 0.15) is 25.8 Å². The second kappa shape index (κ2) is 6.96. The topological polar surface area (TPSA) is 125 Å². The van der Waals surface area contributed by atoms with Crippen molar-refractivity contribution in [3.8, 4) is 0 Å². The molecule has 0 amide bonds. The van der Waals surface area contributed by atoms with Crippen LogP contribution in [0, 0.1) is 0 Å². The SMILES string of the molecule is CCCN(OC)S(=O)(=O)c1sc(S(N)(=O)=O)cc1C1(C)OCCO1. The lowest BCUT2D eigenvalue weighted by molar-refractivity contribution is -0.151. The Labute approximate surface area is 145 Å². The van der Waals surface area contributed by atoms with E-state index < -0.39 is 25.8 Å². The Hall–Kier alpha value is -0.600. The van der Waals surface area contributed by atoms with E-state index in [1.54, 1.807) is 6.92 Å². The van der Waals surface area contributed by atoms with Gasteiger partial charge in [0, 0.05) is 12.1 Å². The number of hydroxylamine groups is 1. The molecule has 2 rings (SSSR count). The van der Waals surface area contributed by atoms with Gasteiger partial charge in [-0.3, -0.25) is 4.84 Å². The molecule has 138 valence electrons. The van der Waals surface area contributed by atoms with Gasteiger partial charge in [-0.25, -0.2) is 22.0 Å². The van der Waals surface area contributed by atoms with Gasteiger partial charge in [0.15, 0.2) is 5.79 Å². The Bertz CT molecular complexity index is 795. The summed E-state index contributed by atoms with van der Waals surface area (Å²) in [5.41, 5.74) is 0.0900. The van der Waals surface area contributed by atoms with E-state index in [0.717, 1.165) is 4.47 Å². The number of sulfonamides is 2. The van der Waals surface area contributed by atoms with Crippen molar-refractivity contribution in [1.29, 1.82) is 0 Å². The molecule has 1 aliphatic rings. The lowest BCUT2D eigenvalue weighted by Gasteiger charge is -2.24. The van der Waals surface area contributed by atoms with E-state index in [2.05, 4.69) is 0 Å². The Kier molecular flexibility index (Phi) is 5.72. The third-order valence-electron chi connectivity index (χ3n) is 3.40. The minimum absolute atomic E-state index is 0.0900. The van der Waals surface area contributed by atoms with Crippen molar-refractivity contribution in [2.45, 2.75) is 34.5 Å². The molecule has 1 aliphatic heterocycles. The molecule has 0 atom stereocenters. The highest BCUT2D eigenvalue weighted by atomic mass is 32.3. The molecular formula is C12H20N2O7S3. The minimum atomic E-state index is -4.11. The summed E-state index contributed by atoms with van der Waals surface area (Å²) >= 11 is 0.546. The van der Waals surface area contributed by atoms with E-state index in [9.17, 15) is 16.8 Å². The lowest BCUT2D eigenvalue weighted by Crippen LogP contribution is -2.33. The maximum atomic E-state index is 12.9. The van der Waals surface area contributed by atoms with Gasteiger partial charge in [0.1, 0.15) is 8.42 Å². The van der Waals surface area contributed by atoms with E-state index in [4.69, 9.17) is 19.5 Å². The van der Waals surface area contributed by atoms with Gasteiger partial charge in [-0.05, 0) is 19.4 Å². The largest absolute Gasteiger partial charge is 0.344 e. The van der Waals surface area contributed by atoms with Crippen molar-refractivity contribution in [3.63, 3.8) is 0 Å². The van der Waals surface area contributed by atoms with Crippen LogP contribution in [0.25, 0.3) is 0 Å². The highest BCUT2D eigenvalue weighted by Crippen LogP contribution is 2.42. The summed E-state index contributed by atoms with van der Waals surface area (Å²) in [6.45, 7) is 3.96. The second-order valence-corrected chi connectivity index (χ2v) is 10.0. The smallest absolute Gasteiger partial charge is 0.274 e. The molecule has 0 aliphatic carbocycles. The average Bonchev–Trinajstić information content (AvgIpc) is 3.11. The van der Waals surface area contributed by atoms with Crippen LogP contribution in [0.2, 0.25) is 0 Å². The Morgan fingerprint density at radius 1 is 1.33 bits per heavy atom. The Morgan fingerprint density at radius 3 is 2.38 bits per heavy atom. The fraction of sp³-hybridized carbons (Fsp3) is 0.667. The zero-order chi connectivity index (χ0) is 18.2. The maximum Gasteiger partial charge on any atom is 0.274 e. The predicted molar refractivity (Wildman–Crippen MR) is 86.1 cm³/mol. The quantitative estimate of drug-likeness (QED) is 0.664. The number of hydrogen-bond acceptors (Lipinski definition) is 8. The third kappa shape index (κ3) is 3.65. The fourth-order valence-corrected chi connectivity index (χ4v) is 6.39. The first-order valence-electron chi connectivity index (χ1n) is 7.08. The van der Waals surface area contributed by atoms with Gasteiger partial charge in [0.05, 0.1) is 20.3 Å². The maximum absolute atomic E-state index is 12.9. The van der Waals surface area contributed by atoms with E-state index >= 15 is 0 Å². The normalized spacial score (nSPS) is 18.4. The summed E-state index contributed by atoms with van der Waals surface area (Å²) < 4.78 is 60.4. The van der Waals surface area contributed by atoms with E-state index in [0.29, 0.717) is 17.8 Å². The van der Waals surface area contributed by atoms with E-state index in [-0.39, 0.29) is 33.7 Å². The number of ether oxygens (including phenoxy) is 2. The molecule has 1 fully saturated rings. The lowest BCUT2D eigenvalue weighted by atomic mass is 10.2. The molecule has 12 heteroatoms. The zero-order valence-corrected chi connectivity index (χ0v) is 16.0. The number of thiophene rings is 1. The molecule has 0 spiro atoms. The summed E-state index contributed by atoms with van der Waals surface area (Å²) in [5.74, 6) is -1.37. The molecule has 0 unspecified atom stereocenters. The van der Waals surface area contributed by atoms with Crippen molar-refractivity contribution < 1.29 is 31.1 Å². The van der Waals surface area contributed by atoms with Crippen molar-refractivity contribution in [2.24, 2.45) is 5.14 Å². The van der Waals surface area contributed by atoms with Crippen molar-refractivity contribution >= 4 is 31.4 Å². The molecule has 9 nitrogen and oxygen atoms in total. The summed E-state index contributed by atoms with van der Waals surface area (Å²) in [7, 11) is -6.96. The van der Waals surface area contributed by atoms with Crippen molar-refractivity contribution in [2.75, 3.05) is 26.9 Å². The van der Waals surface area contributed by atoms with Crippen LogP contribution in [0.5, 0.6) is 0 Å². The van der Waals surface area contributed by atoms with Crippen LogP contribution in [0.4, 0.5) is 0 Å². The summed E-state index contributed by atoms with van der Waals surface area (Å²) in [6.07, 6.45) is 0.514. The van der Waals surface area contributed by atoms with Crippen LogP contribution in [-0.2, 0) is 40.1 Å². The molecule has 0 saturated carbocycles. The highest BCUT2D eigenvalue weighted by molar-refractivity contribution is 7.93. The van der Waals surface area contributed by atoms with Crippen LogP contribution >= 0.6 is 11.3 Å². The first kappa shape index (κ1) is 19.7. The number of nitrogens with two attached hydrogens (primary N) is 1. The van der Waals surface area contributed by atoms with Gasteiger partial charge in [-0.2, -0.15) is 0 Å². The minimum Gasteiger partial charge on any atom is -0.344 e. The van der Waals surface area contributed by atoms with Gasteiger partial charge in [-0.1, -0.05) is 11.4 Å². The van der Waals surface area contributed by atoms with Crippen LogP contribution < -0.4 is 5.14 Å². The van der Waals surface area contributed by atoms with Crippen LogP contribution in [0.3, 0.4) is 0 Å². The molecule has 0 radical (unpaired) electrons. The van der Waals surface area contributed by atoms with E-state index in [1.807, 2.05) is 0 Å². The second-order valence-electron chi connectivity index (χ2n) is 5.17. The molecule has 24 heavy (non-hydrogen) atoms. The third-order valence-corrected chi connectivity index (χ3v) is 8.18. The highest BCUT2D eigenvalue weighted by Gasteiger charge is 2.42. The zero-order valence-electron chi connectivity index (χ0n) is 13.5. The number of hydrogen-bond donors (Lipinski definition) is 1. The Morgan fingerprint density at radius 2 is 1.92 bits per heavy atom. The first-order valence-corrected chi connectivity index (χ1v) is 10.9. The van der Waals surface area contributed by atoms with Gasteiger partial charge in [-0.15, -0.1) is 11.3 Å². The molecule has 1 saturated heterocycles. The molecule has 0 bridgehead atoms. The summed E-state index contributed by atoms with van der Waals surface area (Å²) in [4.78, 5) is 4.95. The predicted octanol–water partition coefficient (Wildman–Crippen LogP) is 0.577. The van der Waals surface area contributed by atoms with Crippen LogP contribution in [-0.4, -0.2) is 48.2 Å². The summed E-state index contributed by atoms with van der Waals surface area (Å²) in [5, 5.41) is 5.15. The first-order chi connectivity index (χ1) is 11.1. The molecule has 1 aromatic rings. The average molecular weight is 401 g/mol. The van der Waals surface area contributed by atoms with Crippen molar-refractivity contribution in [1.82, 2.24) is 4.47 Å². The molecule has 2 N–H and O–H groups in total.